The lowest BCUT2D eigenvalue weighted by Crippen LogP contribution is -1.83. The summed E-state index contributed by atoms with van der Waals surface area (Å²) in [5.74, 6) is -0.205. The van der Waals surface area contributed by atoms with Crippen LogP contribution in [-0.4, -0.2) is 4.98 Å². The fourth-order valence-electron chi connectivity index (χ4n) is 1.54. The van der Waals surface area contributed by atoms with Crippen LogP contribution in [0.25, 0.3) is 10.9 Å². The second kappa shape index (κ2) is 3.48. The van der Waals surface area contributed by atoms with Crippen molar-refractivity contribution in [2.24, 2.45) is 0 Å². The molecule has 0 aliphatic heterocycles. The number of hydrogen-bond donors (Lipinski definition) is 1. The van der Waals surface area contributed by atoms with Crippen molar-refractivity contribution in [3.05, 3.63) is 31.2 Å². The molecule has 1 nitrogen and oxygen atoms in total. The van der Waals surface area contributed by atoms with E-state index in [0.29, 0.717) is 4.47 Å². The predicted molar refractivity (Wildman–Crippen MR) is 68.1 cm³/mol. The van der Waals surface area contributed by atoms with Crippen LogP contribution in [0.1, 0.15) is 11.3 Å². The van der Waals surface area contributed by atoms with E-state index >= 15 is 0 Å². The number of H-pyrrole nitrogens is 1. The first-order chi connectivity index (χ1) is 6.52. The summed E-state index contributed by atoms with van der Waals surface area (Å²) in [6.07, 6.45) is 0. The minimum atomic E-state index is -0.205. The van der Waals surface area contributed by atoms with Crippen LogP contribution >= 0.6 is 38.5 Å². The average molecular weight is 368 g/mol. The van der Waals surface area contributed by atoms with Crippen LogP contribution < -0.4 is 0 Å². The van der Waals surface area contributed by atoms with Gasteiger partial charge >= 0.3 is 0 Å². The maximum atomic E-state index is 13.4. The zero-order valence-corrected chi connectivity index (χ0v) is 11.5. The standard InChI is InChI=1S/C10H8BrFIN/c1-4-5(2)14-10-7(13)3-6(12)9(11)8(4)10/h3,14H,1-2H3. The summed E-state index contributed by atoms with van der Waals surface area (Å²) in [7, 11) is 0. The maximum Gasteiger partial charge on any atom is 0.139 e. The Hall–Kier alpha value is -0.100. The van der Waals surface area contributed by atoms with Gasteiger partial charge in [-0.3, -0.25) is 0 Å². The van der Waals surface area contributed by atoms with Gasteiger partial charge in [0.1, 0.15) is 5.82 Å². The van der Waals surface area contributed by atoms with Crippen molar-refractivity contribution in [1.82, 2.24) is 4.98 Å². The number of fused-ring (bicyclic) bond motifs is 1. The molecule has 1 aromatic heterocycles. The smallest absolute Gasteiger partial charge is 0.139 e. The number of rotatable bonds is 0. The highest BCUT2D eigenvalue weighted by Gasteiger charge is 2.14. The first kappa shape index (κ1) is 10.4. The molecule has 0 aliphatic carbocycles. The quantitative estimate of drug-likeness (QED) is 0.528. The molecule has 4 heteroatoms. The second-order valence-electron chi connectivity index (χ2n) is 3.28. The van der Waals surface area contributed by atoms with Gasteiger partial charge in [-0.25, -0.2) is 4.39 Å². The summed E-state index contributed by atoms with van der Waals surface area (Å²) < 4.78 is 14.9. The van der Waals surface area contributed by atoms with Crippen molar-refractivity contribution in [1.29, 1.82) is 0 Å². The predicted octanol–water partition coefficient (Wildman–Crippen LogP) is 4.29. The van der Waals surface area contributed by atoms with Crippen molar-refractivity contribution >= 4 is 49.4 Å². The largest absolute Gasteiger partial charge is 0.358 e. The lowest BCUT2D eigenvalue weighted by atomic mass is 10.1. The third kappa shape index (κ3) is 1.39. The lowest BCUT2D eigenvalue weighted by molar-refractivity contribution is 0.622. The summed E-state index contributed by atoms with van der Waals surface area (Å²) in [6.45, 7) is 3.99. The highest BCUT2D eigenvalue weighted by molar-refractivity contribution is 14.1. The normalized spacial score (nSPS) is 11.2. The van der Waals surface area contributed by atoms with Gasteiger partial charge < -0.3 is 4.98 Å². The minimum absolute atomic E-state index is 0.205. The molecule has 0 amide bonds. The van der Waals surface area contributed by atoms with Gasteiger partial charge in [-0.15, -0.1) is 0 Å². The van der Waals surface area contributed by atoms with Gasteiger partial charge in [-0.05, 0) is 64.0 Å². The summed E-state index contributed by atoms with van der Waals surface area (Å²) >= 11 is 5.42. The van der Waals surface area contributed by atoms with Crippen molar-refractivity contribution in [2.45, 2.75) is 13.8 Å². The molecule has 1 N–H and O–H groups in total. The maximum absolute atomic E-state index is 13.4. The Morgan fingerprint density at radius 1 is 1.43 bits per heavy atom. The Morgan fingerprint density at radius 2 is 2.07 bits per heavy atom. The zero-order valence-electron chi connectivity index (χ0n) is 7.71. The topological polar surface area (TPSA) is 15.8 Å². The molecule has 2 aromatic rings. The molecular formula is C10H8BrFIN. The van der Waals surface area contributed by atoms with E-state index in [1.807, 2.05) is 13.8 Å². The first-order valence-corrected chi connectivity index (χ1v) is 6.02. The third-order valence-electron chi connectivity index (χ3n) is 2.42. The van der Waals surface area contributed by atoms with Gasteiger partial charge in [0.15, 0.2) is 0 Å². The zero-order chi connectivity index (χ0) is 10.5. The first-order valence-electron chi connectivity index (χ1n) is 4.14. The van der Waals surface area contributed by atoms with E-state index < -0.39 is 0 Å². The number of nitrogens with one attached hydrogen (secondary N) is 1. The Bertz CT molecular complexity index is 519. The van der Waals surface area contributed by atoms with Gasteiger partial charge in [0.05, 0.1) is 9.99 Å². The van der Waals surface area contributed by atoms with E-state index in [1.165, 1.54) is 6.07 Å². The number of aromatic amines is 1. The SMILES string of the molecule is Cc1[nH]c2c(I)cc(F)c(Br)c2c1C. The lowest BCUT2D eigenvalue weighted by Gasteiger charge is -2.00. The molecule has 0 saturated heterocycles. The van der Waals surface area contributed by atoms with E-state index in [2.05, 4.69) is 43.5 Å². The molecule has 0 atom stereocenters. The molecule has 74 valence electrons. The van der Waals surface area contributed by atoms with Gasteiger partial charge in [0.2, 0.25) is 0 Å². The number of halogens is 3. The fraction of sp³-hybridized carbons (Fsp3) is 0.200. The summed E-state index contributed by atoms with van der Waals surface area (Å²) in [6, 6.07) is 1.53. The summed E-state index contributed by atoms with van der Waals surface area (Å²) in [5, 5.41) is 0.951. The Balaban J connectivity index is 3.03. The van der Waals surface area contributed by atoms with E-state index in [0.717, 1.165) is 25.7 Å². The molecule has 0 saturated carbocycles. The van der Waals surface area contributed by atoms with Crippen molar-refractivity contribution in [2.75, 3.05) is 0 Å². The van der Waals surface area contributed by atoms with Crippen LogP contribution in [0.5, 0.6) is 0 Å². The molecule has 0 unspecified atom stereocenters. The van der Waals surface area contributed by atoms with Crippen LogP contribution in [0.15, 0.2) is 10.5 Å². The van der Waals surface area contributed by atoms with Crippen molar-refractivity contribution < 1.29 is 4.39 Å². The molecule has 14 heavy (non-hydrogen) atoms. The molecule has 0 aliphatic rings. The highest BCUT2D eigenvalue weighted by Crippen LogP contribution is 2.33. The number of aromatic nitrogens is 1. The summed E-state index contributed by atoms with van der Waals surface area (Å²) in [5.41, 5.74) is 3.20. The molecule has 0 bridgehead atoms. The highest BCUT2D eigenvalue weighted by atomic mass is 127. The summed E-state index contributed by atoms with van der Waals surface area (Å²) in [4.78, 5) is 3.26. The van der Waals surface area contributed by atoms with E-state index in [4.69, 9.17) is 0 Å². The molecule has 0 spiro atoms. The van der Waals surface area contributed by atoms with Crippen LogP contribution in [0.4, 0.5) is 4.39 Å². The van der Waals surface area contributed by atoms with E-state index in [1.54, 1.807) is 0 Å². The Labute approximate surface area is 103 Å². The average Bonchev–Trinajstić information content (AvgIpc) is 2.41. The minimum Gasteiger partial charge on any atom is -0.358 e. The third-order valence-corrected chi connectivity index (χ3v) is 4.05. The molecular weight excluding hydrogens is 360 g/mol. The van der Waals surface area contributed by atoms with Crippen LogP contribution in [0, 0.1) is 23.2 Å². The molecule has 2 rings (SSSR count). The van der Waals surface area contributed by atoms with Crippen LogP contribution in [0.3, 0.4) is 0 Å². The monoisotopic (exact) mass is 367 g/mol. The van der Waals surface area contributed by atoms with Gasteiger partial charge in [-0.1, -0.05) is 0 Å². The molecule has 1 heterocycles. The van der Waals surface area contributed by atoms with Crippen molar-refractivity contribution in [3.8, 4) is 0 Å². The Morgan fingerprint density at radius 3 is 2.71 bits per heavy atom. The molecule has 1 aromatic carbocycles. The Kier molecular flexibility index (Phi) is 2.59. The molecule has 0 radical (unpaired) electrons. The number of hydrogen-bond acceptors (Lipinski definition) is 0. The van der Waals surface area contributed by atoms with Gasteiger partial charge in [-0.2, -0.15) is 0 Å². The number of benzene rings is 1. The number of aryl methyl sites for hydroxylation is 2. The fourth-order valence-corrected chi connectivity index (χ4v) is 2.83. The molecule has 0 fully saturated rings. The second-order valence-corrected chi connectivity index (χ2v) is 5.23. The van der Waals surface area contributed by atoms with Crippen LogP contribution in [0.2, 0.25) is 0 Å². The van der Waals surface area contributed by atoms with Crippen LogP contribution in [-0.2, 0) is 0 Å². The van der Waals surface area contributed by atoms with E-state index in [9.17, 15) is 4.39 Å². The van der Waals surface area contributed by atoms with E-state index in [-0.39, 0.29) is 5.82 Å². The van der Waals surface area contributed by atoms with Gasteiger partial charge in [0.25, 0.3) is 0 Å². The van der Waals surface area contributed by atoms with Gasteiger partial charge in [0, 0.05) is 14.7 Å². The van der Waals surface area contributed by atoms with Crippen molar-refractivity contribution in [3.63, 3.8) is 0 Å².